The molecule has 0 aliphatic heterocycles. The molecule has 1 saturated carbocycles. The van der Waals surface area contributed by atoms with Crippen LogP contribution in [0.2, 0.25) is 0 Å². The molecule has 1 N–H and O–H groups in total. The molecule has 0 saturated heterocycles. The van der Waals surface area contributed by atoms with E-state index in [4.69, 9.17) is 9.47 Å². The predicted octanol–water partition coefficient (Wildman–Crippen LogP) is 2.73. The summed E-state index contributed by atoms with van der Waals surface area (Å²) >= 11 is 0. The van der Waals surface area contributed by atoms with Gasteiger partial charge in [0.25, 0.3) is 0 Å². The minimum absolute atomic E-state index is 0.194. The fraction of sp³-hybridized carbons (Fsp3) is 0.533. The van der Waals surface area contributed by atoms with Gasteiger partial charge in [-0.3, -0.25) is 4.79 Å². The first-order chi connectivity index (χ1) is 9.19. The first kappa shape index (κ1) is 13.9. The number of carbonyl (C=O) groups is 1. The first-order valence-corrected chi connectivity index (χ1v) is 6.63. The van der Waals surface area contributed by atoms with Crippen molar-refractivity contribution in [1.82, 2.24) is 0 Å². The van der Waals surface area contributed by atoms with Crippen LogP contribution in [-0.2, 0) is 9.53 Å². The maximum atomic E-state index is 11.7. The molecular formula is C15H20O4. The summed E-state index contributed by atoms with van der Waals surface area (Å²) in [5.41, 5.74) is -0.928. The van der Waals surface area contributed by atoms with Crippen molar-refractivity contribution >= 4 is 5.97 Å². The molecule has 1 aliphatic carbocycles. The zero-order valence-electron chi connectivity index (χ0n) is 11.2. The van der Waals surface area contributed by atoms with Crippen molar-refractivity contribution in [2.75, 3.05) is 13.7 Å². The minimum atomic E-state index is -0.928. The lowest BCUT2D eigenvalue weighted by Crippen LogP contribution is -2.50. The van der Waals surface area contributed by atoms with E-state index in [0.717, 1.165) is 25.0 Å². The molecule has 0 spiro atoms. The van der Waals surface area contributed by atoms with E-state index in [1.54, 1.807) is 7.11 Å². The summed E-state index contributed by atoms with van der Waals surface area (Å²) in [5, 5.41) is 9.61. The van der Waals surface area contributed by atoms with Crippen molar-refractivity contribution in [3.63, 3.8) is 0 Å². The molecular weight excluding hydrogens is 244 g/mol. The quantitative estimate of drug-likeness (QED) is 0.888. The number of carboxylic acid groups (broad SMARTS) is 1. The van der Waals surface area contributed by atoms with Crippen molar-refractivity contribution in [3.8, 4) is 5.75 Å². The summed E-state index contributed by atoms with van der Waals surface area (Å²) in [6.07, 6.45) is 2.93. The summed E-state index contributed by atoms with van der Waals surface area (Å²) in [6.45, 7) is 0.194. The van der Waals surface area contributed by atoms with Crippen molar-refractivity contribution in [1.29, 1.82) is 0 Å². The van der Waals surface area contributed by atoms with Gasteiger partial charge in [-0.15, -0.1) is 0 Å². The lowest BCUT2D eigenvalue weighted by Gasteiger charge is -2.39. The summed E-state index contributed by atoms with van der Waals surface area (Å²) in [4.78, 5) is 11.7. The minimum Gasteiger partial charge on any atom is -0.489 e. The van der Waals surface area contributed by atoms with E-state index in [1.807, 2.05) is 30.3 Å². The molecule has 19 heavy (non-hydrogen) atoms. The van der Waals surface area contributed by atoms with Gasteiger partial charge in [0.2, 0.25) is 0 Å². The highest BCUT2D eigenvalue weighted by atomic mass is 16.5. The van der Waals surface area contributed by atoms with Gasteiger partial charge in [-0.1, -0.05) is 24.6 Å². The van der Waals surface area contributed by atoms with Crippen LogP contribution in [-0.4, -0.2) is 30.9 Å². The second-order valence-electron chi connectivity index (χ2n) is 5.06. The van der Waals surface area contributed by atoms with Gasteiger partial charge in [-0.2, -0.15) is 0 Å². The van der Waals surface area contributed by atoms with Crippen LogP contribution in [0.3, 0.4) is 0 Å². The highest BCUT2D eigenvalue weighted by molar-refractivity contribution is 5.76. The average Bonchev–Trinajstić information content (AvgIpc) is 2.42. The molecule has 1 aromatic carbocycles. The zero-order valence-corrected chi connectivity index (χ0v) is 11.2. The smallest absolute Gasteiger partial charge is 0.315 e. The lowest BCUT2D eigenvalue weighted by atomic mass is 9.72. The van der Waals surface area contributed by atoms with E-state index in [0.29, 0.717) is 6.42 Å². The number of ether oxygens (including phenoxy) is 2. The van der Waals surface area contributed by atoms with Gasteiger partial charge in [0.1, 0.15) is 17.3 Å². The van der Waals surface area contributed by atoms with Gasteiger partial charge < -0.3 is 14.6 Å². The Morgan fingerprint density at radius 1 is 1.37 bits per heavy atom. The number of carboxylic acids is 1. The molecule has 0 radical (unpaired) electrons. The molecule has 0 amide bonds. The fourth-order valence-electron chi connectivity index (χ4n) is 2.77. The van der Waals surface area contributed by atoms with Crippen LogP contribution in [0.4, 0.5) is 0 Å². The summed E-state index contributed by atoms with van der Waals surface area (Å²) < 4.78 is 11.1. The van der Waals surface area contributed by atoms with Crippen LogP contribution in [0.25, 0.3) is 0 Å². The standard InChI is InChI=1S/C15H20O4/c1-18-11-15(14(16)17)10-6-5-9-13(15)19-12-7-3-2-4-8-12/h2-4,7-8,13H,5-6,9-11H2,1H3,(H,16,17). The molecule has 0 heterocycles. The second-order valence-corrected chi connectivity index (χ2v) is 5.06. The molecule has 1 aromatic rings. The summed E-state index contributed by atoms with van der Waals surface area (Å²) in [5.74, 6) is -0.105. The van der Waals surface area contributed by atoms with Crippen LogP contribution < -0.4 is 4.74 Å². The third kappa shape index (κ3) is 2.89. The number of hydrogen-bond acceptors (Lipinski definition) is 3. The van der Waals surface area contributed by atoms with Crippen molar-refractivity contribution in [2.24, 2.45) is 5.41 Å². The van der Waals surface area contributed by atoms with E-state index >= 15 is 0 Å². The van der Waals surface area contributed by atoms with E-state index < -0.39 is 11.4 Å². The Morgan fingerprint density at radius 2 is 2.11 bits per heavy atom. The SMILES string of the molecule is COCC1(C(=O)O)CCCCC1Oc1ccccc1. The molecule has 4 nitrogen and oxygen atoms in total. The molecule has 0 bridgehead atoms. The molecule has 0 aromatic heterocycles. The van der Waals surface area contributed by atoms with Crippen LogP contribution in [0.5, 0.6) is 5.75 Å². The summed E-state index contributed by atoms with van der Waals surface area (Å²) in [7, 11) is 1.54. The third-order valence-corrected chi connectivity index (χ3v) is 3.80. The molecule has 2 unspecified atom stereocenters. The Hall–Kier alpha value is -1.55. The van der Waals surface area contributed by atoms with Crippen LogP contribution in [0.1, 0.15) is 25.7 Å². The second kappa shape index (κ2) is 6.06. The number of methoxy groups -OCH3 is 1. The number of rotatable bonds is 5. The first-order valence-electron chi connectivity index (χ1n) is 6.63. The van der Waals surface area contributed by atoms with E-state index in [-0.39, 0.29) is 12.7 Å². The molecule has 2 rings (SSSR count). The fourth-order valence-corrected chi connectivity index (χ4v) is 2.77. The highest BCUT2D eigenvalue weighted by Crippen LogP contribution is 2.39. The van der Waals surface area contributed by atoms with Gasteiger partial charge in [-0.05, 0) is 31.4 Å². The van der Waals surface area contributed by atoms with Crippen molar-refractivity contribution < 1.29 is 19.4 Å². The highest BCUT2D eigenvalue weighted by Gasteiger charge is 2.49. The van der Waals surface area contributed by atoms with E-state index in [2.05, 4.69) is 0 Å². The average molecular weight is 264 g/mol. The lowest BCUT2D eigenvalue weighted by molar-refractivity contribution is -0.164. The van der Waals surface area contributed by atoms with E-state index in [9.17, 15) is 9.90 Å². The maximum Gasteiger partial charge on any atom is 0.315 e. The molecule has 104 valence electrons. The van der Waals surface area contributed by atoms with Crippen LogP contribution >= 0.6 is 0 Å². The van der Waals surface area contributed by atoms with Gasteiger partial charge in [0.15, 0.2) is 0 Å². The molecule has 1 aliphatic rings. The molecule has 2 atom stereocenters. The normalized spacial score (nSPS) is 26.9. The van der Waals surface area contributed by atoms with Crippen LogP contribution in [0, 0.1) is 5.41 Å². The Bertz CT molecular complexity index is 413. The maximum absolute atomic E-state index is 11.7. The monoisotopic (exact) mass is 264 g/mol. The number of hydrogen-bond donors (Lipinski definition) is 1. The third-order valence-electron chi connectivity index (χ3n) is 3.80. The van der Waals surface area contributed by atoms with Gasteiger partial charge in [0.05, 0.1) is 6.61 Å². The zero-order chi connectivity index (χ0) is 13.7. The number of benzene rings is 1. The largest absolute Gasteiger partial charge is 0.489 e. The van der Waals surface area contributed by atoms with Gasteiger partial charge in [-0.25, -0.2) is 0 Å². The molecule has 1 fully saturated rings. The predicted molar refractivity (Wildman–Crippen MR) is 71.3 cm³/mol. The van der Waals surface area contributed by atoms with Gasteiger partial charge in [0, 0.05) is 7.11 Å². The van der Waals surface area contributed by atoms with Crippen molar-refractivity contribution in [3.05, 3.63) is 30.3 Å². The van der Waals surface area contributed by atoms with Gasteiger partial charge >= 0.3 is 5.97 Å². The topological polar surface area (TPSA) is 55.8 Å². The number of aliphatic carboxylic acids is 1. The van der Waals surface area contributed by atoms with Crippen LogP contribution in [0.15, 0.2) is 30.3 Å². The van der Waals surface area contributed by atoms with E-state index in [1.165, 1.54) is 0 Å². The molecule has 4 heteroatoms. The van der Waals surface area contributed by atoms with Crippen molar-refractivity contribution in [2.45, 2.75) is 31.8 Å². The Labute approximate surface area is 113 Å². The number of para-hydroxylation sites is 1. The summed E-state index contributed by atoms with van der Waals surface area (Å²) in [6, 6.07) is 9.39. The Balaban J connectivity index is 2.21. The Morgan fingerprint density at radius 3 is 2.74 bits per heavy atom. The Kier molecular flexibility index (Phi) is 4.43.